The van der Waals surface area contributed by atoms with Crippen LogP contribution in [-0.2, 0) is 9.47 Å². The van der Waals surface area contributed by atoms with E-state index in [0.29, 0.717) is 0 Å². The van der Waals surface area contributed by atoms with Crippen molar-refractivity contribution in [3.8, 4) is 10.6 Å². The molecule has 2 rings (SSSR count). The summed E-state index contributed by atoms with van der Waals surface area (Å²) in [7, 11) is 3.22. The standard InChI is InChI=1S/C14H16BrNO2S/c1-8-5-10(6-9(2)12(8)15)13-16-11(7-19-13)14(17-3)18-4/h5-7,14H,1-4H3. The first-order valence-electron chi connectivity index (χ1n) is 5.85. The van der Waals surface area contributed by atoms with Crippen LogP contribution in [0.25, 0.3) is 10.6 Å². The lowest BCUT2D eigenvalue weighted by atomic mass is 10.1. The van der Waals surface area contributed by atoms with Crippen molar-refractivity contribution in [2.45, 2.75) is 20.1 Å². The Bertz CT molecular complexity index is 556. The molecule has 2 aromatic rings. The van der Waals surface area contributed by atoms with Crippen molar-refractivity contribution in [3.63, 3.8) is 0 Å². The van der Waals surface area contributed by atoms with Gasteiger partial charge in [-0.05, 0) is 37.1 Å². The lowest BCUT2D eigenvalue weighted by Crippen LogP contribution is -2.03. The van der Waals surface area contributed by atoms with E-state index >= 15 is 0 Å². The molecule has 5 heteroatoms. The molecule has 0 aliphatic carbocycles. The average Bonchev–Trinajstić information content (AvgIpc) is 2.86. The zero-order valence-corrected chi connectivity index (χ0v) is 13.8. The molecule has 0 aliphatic heterocycles. The summed E-state index contributed by atoms with van der Waals surface area (Å²) in [5, 5.41) is 2.95. The van der Waals surface area contributed by atoms with Crippen molar-refractivity contribution >= 4 is 27.3 Å². The number of hydrogen-bond donors (Lipinski definition) is 0. The van der Waals surface area contributed by atoms with E-state index in [-0.39, 0.29) is 0 Å². The second-order valence-corrected chi connectivity index (χ2v) is 5.96. The van der Waals surface area contributed by atoms with Crippen molar-refractivity contribution in [3.05, 3.63) is 38.8 Å². The van der Waals surface area contributed by atoms with Crippen LogP contribution in [0.15, 0.2) is 22.0 Å². The lowest BCUT2D eigenvalue weighted by Gasteiger charge is -2.09. The van der Waals surface area contributed by atoms with Crippen LogP contribution < -0.4 is 0 Å². The summed E-state index contributed by atoms with van der Waals surface area (Å²) < 4.78 is 11.6. The van der Waals surface area contributed by atoms with Crippen LogP contribution >= 0.6 is 27.3 Å². The Morgan fingerprint density at radius 3 is 2.26 bits per heavy atom. The van der Waals surface area contributed by atoms with E-state index in [1.807, 2.05) is 5.38 Å². The molecule has 0 spiro atoms. The molecule has 0 atom stereocenters. The molecule has 1 heterocycles. The predicted molar refractivity (Wildman–Crippen MR) is 81.5 cm³/mol. The second-order valence-electron chi connectivity index (χ2n) is 4.30. The van der Waals surface area contributed by atoms with Gasteiger partial charge in [0.25, 0.3) is 0 Å². The van der Waals surface area contributed by atoms with Crippen molar-refractivity contribution in [2.24, 2.45) is 0 Å². The molecule has 0 N–H and O–H groups in total. The zero-order valence-electron chi connectivity index (χ0n) is 11.4. The van der Waals surface area contributed by atoms with Crippen LogP contribution in [0.1, 0.15) is 23.1 Å². The van der Waals surface area contributed by atoms with Crippen molar-refractivity contribution < 1.29 is 9.47 Å². The molecule has 1 aromatic carbocycles. The summed E-state index contributed by atoms with van der Waals surface area (Å²) in [6, 6.07) is 4.27. The number of hydrogen-bond acceptors (Lipinski definition) is 4. The number of ether oxygens (including phenoxy) is 2. The number of aryl methyl sites for hydroxylation is 2. The summed E-state index contributed by atoms with van der Waals surface area (Å²) in [6.45, 7) is 4.17. The maximum Gasteiger partial charge on any atom is 0.201 e. The fourth-order valence-corrected chi connectivity index (χ4v) is 2.97. The third kappa shape index (κ3) is 3.05. The fraction of sp³-hybridized carbons (Fsp3) is 0.357. The van der Waals surface area contributed by atoms with Gasteiger partial charge in [0.2, 0.25) is 6.29 Å². The van der Waals surface area contributed by atoms with Crippen molar-refractivity contribution in [1.29, 1.82) is 0 Å². The summed E-state index contributed by atoms with van der Waals surface area (Å²) in [4.78, 5) is 4.59. The number of halogens is 1. The fourth-order valence-electron chi connectivity index (χ4n) is 1.93. The first-order valence-corrected chi connectivity index (χ1v) is 7.52. The molecule has 0 fully saturated rings. The van der Waals surface area contributed by atoms with E-state index in [4.69, 9.17) is 9.47 Å². The average molecular weight is 342 g/mol. The van der Waals surface area contributed by atoms with Gasteiger partial charge in [-0.3, -0.25) is 0 Å². The SMILES string of the molecule is COC(OC)c1csc(-c2cc(C)c(Br)c(C)c2)n1. The normalized spacial score (nSPS) is 11.3. The molecule has 0 unspecified atom stereocenters. The van der Waals surface area contributed by atoms with Gasteiger partial charge < -0.3 is 9.47 Å². The molecule has 19 heavy (non-hydrogen) atoms. The van der Waals surface area contributed by atoms with Gasteiger partial charge in [-0.15, -0.1) is 11.3 Å². The second kappa shape index (κ2) is 6.13. The highest BCUT2D eigenvalue weighted by atomic mass is 79.9. The van der Waals surface area contributed by atoms with E-state index < -0.39 is 6.29 Å². The molecule has 0 saturated carbocycles. The van der Waals surface area contributed by atoms with Gasteiger partial charge in [-0.2, -0.15) is 0 Å². The van der Waals surface area contributed by atoms with Crippen LogP contribution in [-0.4, -0.2) is 19.2 Å². The van der Waals surface area contributed by atoms with Gasteiger partial charge in [-0.25, -0.2) is 4.98 Å². The minimum Gasteiger partial charge on any atom is -0.350 e. The Morgan fingerprint density at radius 2 is 1.74 bits per heavy atom. The van der Waals surface area contributed by atoms with Gasteiger partial charge in [0.15, 0.2) is 0 Å². The number of methoxy groups -OCH3 is 2. The molecule has 0 saturated heterocycles. The van der Waals surface area contributed by atoms with Gasteiger partial charge in [-0.1, -0.05) is 15.9 Å². The number of thiazole rings is 1. The summed E-state index contributed by atoms with van der Waals surface area (Å²) in [5.74, 6) is 0. The minimum absolute atomic E-state index is 0.400. The zero-order chi connectivity index (χ0) is 14.0. The van der Waals surface area contributed by atoms with Gasteiger partial charge in [0.05, 0.1) is 0 Å². The third-order valence-electron chi connectivity index (χ3n) is 2.87. The Hall–Kier alpha value is -0.750. The smallest absolute Gasteiger partial charge is 0.201 e. The lowest BCUT2D eigenvalue weighted by molar-refractivity contribution is -0.108. The highest BCUT2D eigenvalue weighted by Crippen LogP contribution is 2.32. The molecular weight excluding hydrogens is 326 g/mol. The van der Waals surface area contributed by atoms with Crippen LogP contribution in [0.3, 0.4) is 0 Å². The first kappa shape index (κ1) is 14.7. The van der Waals surface area contributed by atoms with Crippen molar-refractivity contribution in [2.75, 3.05) is 14.2 Å². The molecule has 0 radical (unpaired) electrons. The monoisotopic (exact) mass is 341 g/mol. The number of rotatable bonds is 4. The van der Waals surface area contributed by atoms with Crippen molar-refractivity contribution in [1.82, 2.24) is 4.98 Å². The first-order chi connectivity index (χ1) is 9.06. The molecule has 3 nitrogen and oxygen atoms in total. The van der Waals surface area contributed by atoms with Crippen LogP contribution in [0.2, 0.25) is 0 Å². The van der Waals surface area contributed by atoms with Gasteiger partial charge in [0.1, 0.15) is 10.7 Å². The molecule has 0 amide bonds. The third-order valence-corrected chi connectivity index (χ3v) is 5.04. The predicted octanol–water partition coefficient (Wildman–Crippen LogP) is 4.48. The van der Waals surface area contributed by atoms with Gasteiger partial charge in [0, 0.05) is 29.6 Å². The van der Waals surface area contributed by atoms with Crippen LogP contribution in [0.5, 0.6) is 0 Å². The van der Waals surface area contributed by atoms with E-state index in [1.165, 1.54) is 11.1 Å². The Balaban J connectivity index is 2.38. The summed E-state index contributed by atoms with van der Waals surface area (Å²) in [5.41, 5.74) is 4.35. The van der Waals surface area contributed by atoms with Gasteiger partial charge >= 0.3 is 0 Å². The quantitative estimate of drug-likeness (QED) is 0.768. The Kier molecular flexibility index (Phi) is 4.73. The highest BCUT2D eigenvalue weighted by Gasteiger charge is 2.15. The maximum absolute atomic E-state index is 5.22. The summed E-state index contributed by atoms with van der Waals surface area (Å²) in [6.07, 6.45) is -0.400. The van der Waals surface area contributed by atoms with E-state index in [9.17, 15) is 0 Å². The number of benzene rings is 1. The van der Waals surface area contributed by atoms with E-state index in [0.717, 1.165) is 20.7 Å². The Labute approximate surface area is 125 Å². The highest BCUT2D eigenvalue weighted by molar-refractivity contribution is 9.10. The maximum atomic E-state index is 5.22. The molecule has 0 aliphatic rings. The molecule has 1 aromatic heterocycles. The minimum atomic E-state index is -0.400. The summed E-state index contributed by atoms with van der Waals surface area (Å²) >= 11 is 5.18. The number of aromatic nitrogens is 1. The molecule has 0 bridgehead atoms. The largest absolute Gasteiger partial charge is 0.350 e. The topological polar surface area (TPSA) is 31.4 Å². The number of nitrogens with zero attached hydrogens (tertiary/aromatic N) is 1. The van der Waals surface area contributed by atoms with Crippen LogP contribution in [0, 0.1) is 13.8 Å². The van der Waals surface area contributed by atoms with Crippen LogP contribution in [0.4, 0.5) is 0 Å². The van der Waals surface area contributed by atoms with E-state index in [1.54, 1.807) is 25.6 Å². The molecular formula is C14H16BrNO2S. The Morgan fingerprint density at radius 1 is 1.16 bits per heavy atom. The molecule has 102 valence electrons. The van der Waals surface area contributed by atoms with E-state index in [2.05, 4.69) is 46.9 Å².